The van der Waals surface area contributed by atoms with Crippen LogP contribution in [0.3, 0.4) is 0 Å². The second-order valence-corrected chi connectivity index (χ2v) is 6.38. The molecule has 0 unspecified atom stereocenters. The Morgan fingerprint density at radius 2 is 1.87 bits per heavy atom. The molecule has 0 radical (unpaired) electrons. The predicted octanol–water partition coefficient (Wildman–Crippen LogP) is 4.08. The van der Waals surface area contributed by atoms with Crippen molar-refractivity contribution in [3.05, 3.63) is 12.2 Å². The maximum atomic E-state index is 11.2. The standard InChI is InChI=1S/C13H24OS/c1-11(2)12(14)8-6-7-9-15-10-13(3,4)5/h1,6-10H2,2-5H3. The van der Waals surface area contributed by atoms with Crippen molar-refractivity contribution in [2.24, 2.45) is 5.41 Å². The molecule has 0 aliphatic heterocycles. The number of hydrogen-bond donors (Lipinski definition) is 0. The van der Waals surface area contributed by atoms with Crippen molar-refractivity contribution in [2.45, 2.75) is 47.0 Å². The maximum absolute atomic E-state index is 11.2. The van der Waals surface area contributed by atoms with Gasteiger partial charge in [0.25, 0.3) is 0 Å². The van der Waals surface area contributed by atoms with E-state index in [-0.39, 0.29) is 5.78 Å². The second kappa shape index (κ2) is 7.10. The number of allylic oxidation sites excluding steroid dienone is 1. The molecule has 0 N–H and O–H groups in total. The summed E-state index contributed by atoms with van der Waals surface area (Å²) in [5, 5.41) is 0. The molecule has 0 rings (SSSR count). The van der Waals surface area contributed by atoms with Crippen molar-refractivity contribution in [1.29, 1.82) is 0 Å². The van der Waals surface area contributed by atoms with Gasteiger partial charge in [0.2, 0.25) is 0 Å². The van der Waals surface area contributed by atoms with E-state index in [0.717, 1.165) is 12.8 Å². The molecule has 0 spiro atoms. The number of carbonyl (C=O) groups is 1. The van der Waals surface area contributed by atoms with Crippen molar-refractivity contribution >= 4 is 17.5 Å². The number of ketones is 1. The van der Waals surface area contributed by atoms with E-state index in [0.29, 0.717) is 17.4 Å². The first-order valence-corrected chi connectivity index (χ1v) is 6.75. The summed E-state index contributed by atoms with van der Waals surface area (Å²) in [6, 6.07) is 0. The Morgan fingerprint density at radius 1 is 1.27 bits per heavy atom. The summed E-state index contributed by atoms with van der Waals surface area (Å²) in [5.74, 6) is 2.58. The third kappa shape index (κ3) is 10.1. The van der Waals surface area contributed by atoms with Crippen LogP contribution >= 0.6 is 11.8 Å². The Balaban J connectivity index is 3.33. The lowest BCUT2D eigenvalue weighted by atomic mass is 10.0. The summed E-state index contributed by atoms with van der Waals surface area (Å²) in [6.07, 6.45) is 2.81. The molecule has 0 bridgehead atoms. The molecule has 0 fully saturated rings. The zero-order valence-corrected chi connectivity index (χ0v) is 11.4. The summed E-state index contributed by atoms with van der Waals surface area (Å²) in [7, 11) is 0. The highest BCUT2D eigenvalue weighted by Gasteiger charge is 2.09. The van der Waals surface area contributed by atoms with Crippen LogP contribution in [0.4, 0.5) is 0 Å². The van der Waals surface area contributed by atoms with E-state index in [9.17, 15) is 4.79 Å². The molecule has 0 aromatic carbocycles. The summed E-state index contributed by atoms with van der Waals surface area (Å²) in [5.41, 5.74) is 1.11. The van der Waals surface area contributed by atoms with Gasteiger partial charge in [-0.05, 0) is 42.3 Å². The van der Waals surface area contributed by atoms with Crippen LogP contribution in [0.1, 0.15) is 47.0 Å². The van der Waals surface area contributed by atoms with E-state index in [1.165, 1.54) is 11.5 Å². The highest BCUT2D eigenvalue weighted by Crippen LogP contribution is 2.21. The largest absolute Gasteiger partial charge is 0.295 e. The number of unbranched alkanes of at least 4 members (excludes halogenated alkanes) is 1. The third-order valence-corrected chi connectivity index (χ3v) is 3.60. The minimum atomic E-state index is 0.218. The minimum absolute atomic E-state index is 0.218. The molecule has 0 heterocycles. The van der Waals surface area contributed by atoms with E-state index in [1.807, 2.05) is 11.8 Å². The van der Waals surface area contributed by atoms with E-state index in [2.05, 4.69) is 27.4 Å². The first kappa shape index (κ1) is 14.8. The molecule has 0 saturated heterocycles. The van der Waals surface area contributed by atoms with Gasteiger partial charge in [-0.2, -0.15) is 11.8 Å². The van der Waals surface area contributed by atoms with Crippen molar-refractivity contribution < 1.29 is 4.79 Å². The van der Waals surface area contributed by atoms with Gasteiger partial charge >= 0.3 is 0 Å². The Bertz CT molecular complexity index is 213. The van der Waals surface area contributed by atoms with Crippen LogP contribution in [0.2, 0.25) is 0 Å². The third-order valence-electron chi connectivity index (χ3n) is 1.95. The van der Waals surface area contributed by atoms with Crippen LogP contribution in [0.25, 0.3) is 0 Å². The lowest BCUT2D eigenvalue weighted by molar-refractivity contribution is -0.115. The van der Waals surface area contributed by atoms with Gasteiger partial charge in [-0.25, -0.2) is 0 Å². The molecule has 2 heteroatoms. The van der Waals surface area contributed by atoms with Gasteiger partial charge in [0.15, 0.2) is 5.78 Å². The maximum Gasteiger partial charge on any atom is 0.157 e. The SMILES string of the molecule is C=C(C)C(=O)CCCCSCC(C)(C)C. The molecule has 0 aliphatic carbocycles. The van der Waals surface area contributed by atoms with Crippen LogP contribution < -0.4 is 0 Å². The number of carbonyl (C=O) groups excluding carboxylic acids is 1. The Labute approximate surface area is 98.7 Å². The fraction of sp³-hybridized carbons (Fsp3) is 0.769. The molecule has 15 heavy (non-hydrogen) atoms. The number of Topliss-reactive ketones (excluding diaryl/α,β-unsaturated/α-hetero) is 1. The van der Waals surface area contributed by atoms with Crippen LogP contribution in [-0.4, -0.2) is 17.3 Å². The summed E-state index contributed by atoms with van der Waals surface area (Å²) in [4.78, 5) is 11.2. The minimum Gasteiger partial charge on any atom is -0.295 e. The molecule has 1 nitrogen and oxygen atoms in total. The zero-order chi connectivity index (χ0) is 11.9. The van der Waals surface area contributed by atoms with E-state index in [1.54, 1.807) is 6.92 Å². The number of thioether (sulfide) groups is 1. The Hall–Kier alpha value is -0.240. The Morgan fingerprint density at radius 3 is 2.33 bits per heavy atom. The average Bonchev–Trinajstić information content (AvgIpc) is 2.08. The fourth-order valence-corrected chi connectivity index (χ4v) is 2.25. The molecule has 0 aromatic rings. The molecular formula is C13H24OS. The topological polar surface area (TPSA) is 17.1 Å². The second-order valence-electron chi connectivity index (χ2n) is 5.27. The van der Waals surface area contributed by atoms with Gasteiger partial charge in [-0.3, -0.25) is 4.79 Å². The molecule has 0 saturated carbocycles. The lowest BCUT2D eigenvalue weighted by Gasteiger charge is -2.16. The summed E-state index contributed by atoms with van der Waals surface area (Å²) < 4.78 is 0. The van der Waals surface area contributed by atoms with E-state index < -0.39 is 0 Å². The van der Waals surface area contributed by atoms with Gasteiger partial charge in [0.05, 0.1) is 0 Å². The molecule has 0 aromatic heterocycles. The van der Waals surface area contributed by atoms with Crippen molar-refractivity contribution in [1.82, 2.24) is 0 Å². The van der Waals surface area contributed by atoms with Gasteiger partial charge in [0.1, 0.15) is 0 Å². The fourth-order valence-electron chi connectivity index (χ4n) is 1.08. The zero-order valence-electron chi connectivity index (χ0n) is 10.6. The van der Waals surface area contributed by atoms with Gasteiger partial charge < -0.3 is 0 Å². The van der Waals surface area contributed by atoms with E-state index >= 15 is 0 Å². The van der Waals surface area contributed by atoms with Crippen molar-refractivity contribution in [3.63, 3.8) is 0 Å². The highest BCUT2D eigenvalue weighted by atomic mass is 32.2. The average molecular weight is 228 g/mol. The molecular weight excluding hydrogens is 204 g/mol. The highest BCUT2D eigenvalue weighted by molar-refractivity contribution is 7.99. The first-order valence-electron chi connectivity index (χ1n) is 5.59. The van der Waals surface area contributed by atoms with Crippen LogP contribution in [0.5, 0.6) is 0 Å². The van der Waals surface area contributed by atoms with Crippen molar-refractivity contribution in [2.75, 3.05) is 11.5 Å². The molecule has 88 valence electrons. The smallest absolute Gasteiger partial charge is 0.157 e. The van der Waals surface area contributed by atoms with Crippen molar-refractivity contribution in [3.8, 4) is 0 Å². The van der Waals surface area contributed by atoms with E-state index in [4.69, 9.17) is 0 Å². The molecule has 0 atom stereocenters. The predicted molar refractivity (Wildman–Crippen MR) is 70.5 cm³/mol. The molecule has 0 aliphatic rings. The number of rotatable bonds is 7. The molecule has 0 amide bonds. The van der Waals surface area contributed by atoms with Gasteiger partial charge in [-0.1, -0.05) is 27.4 Å². The summed E-state index contributed by atoms with van der Waals surface area (Å²) in [6.45, 7) is 12.2. The quantitative estimate of drug-likeness (QED) is 0.482. The normalized spacial score (nSPS) is 11.5. The van der Waals surface area contributed by atoms with Crippen LogP contribution in [0, 0.1) is 5.41 Å². The number of hydrogen-bond acceptors (Lipinski definition) is 2. The monoisotopic (exact) mass is 228 g/mol. The lowest BCUT2D eigenvalue weighted by Crippen LogP contribution is -2.08. The van der Waals surface area contributed by atoms with Gasteiger partial charge in [0, 0.05) is 6.42 Å². The van der Waals surface area contributed by atoms with Gasteiger partial charge in [-0.15, -0.1) is 0 Å². The first-order chi connectivity index (χ1) is 6.83. The summed E-state index contributed by atoms with van der Waals surface area (Å²) >= 11 is 1.99. The van der Waals surface area contributed by atoms with Crippen LogP contribution in [0.15, 0.2) is 12.2 Å². The Kier molecular flexibility index (Phi) is 6.99. The van der Waals surface area contributed by atoms with Crippen LogP contribution in [-0.2, 0) is 4.79 Å².